The van der Waals surface area contributed by atoms with Crippen molar-refractivity contribution in [3.8, 4) is 0 Å². The Bertz CT molecular complexity index is 483. The summed E-state index contributed by atoms with van der Waals surface area (Å²) in [5.74, 6) is 1.25. The molecule has 1 atom stereocenters. The maximum absolute atomic E-state index is 11.8. The molecule has 102 valence electrons. The highest BCUT2D eigenvalue weighted by atomic mass is 32.2. The van der Waals surface area contributed by atoms with Crippen LogP contribution in [0.4, 0.5) is 0 Å². The highest BCUT2D eigenvalue weighted by Gasteiger charge is 2.41. The number of furan rings is 1. The number of sulfone groups is 1. The van der Waals surface area contributed by atoms with Gasteiger partial charge in [-0.15, -0.1) is 0 Å². The highest BCUT2D eigenvalue weighted by molar-refractivity contribution is 7.91. The van der Waals surface area contributed by atoms with Gasteiger partial charge in [-0.2, -0.15) is 0 Å². The van der Waals surface area contributed by atoms with E-state index in [9.17, 15) is 8.42 Å². The van der Waals surface area contributed by atoms with Gasteiger partial charge < -0.3 is 10.2 Å². The summed E-state index contributed by atoms with van der Waals surface area (Å²) < 4.78 is 29.0. The second-order valence-corrected chi connectivity index (χ2v) is 7.24. The first kappa shape index (κ1) is 13.6. The van der Waals surface area contributed by atoms with Crippen LogP contribution >= 0.6 is 0 Å². The van der Waals surface area contributed by atoms with Crippen molar-refractivity contribution in [2.75, 3.05) is 25.1 Å². The lowest BCUT2D eigenvalue weighted by Gasteiger charge is -2.43. The summed E-state index contributed by atoms with van der Waals surface area (Å²) in [5.41, 5.74) is 5.40. The second kappa shape index (κ2) is 5.03. The van der Waals surface area contributed by atoms with E-state index in [-0.39, 0.29) is 11.5 Å². The molecule has 0 radical (unpaired) electrons. The summed E-state index contributed by atoms with van der Waals surface area (Å²) in [4.78, 5) is 2.02. The SMILES string of the molecule is CN(Cc1ccco1)C1(CN)CCCS(=O)(=O)C1. The molecule has 0 amide bonds. The Morgan fingerprint density at radius 3 is 2.89 bits per heavy atom. The van der Waals surface area contributed by atoms with Crippen LogP contribution in [-0.2, 0) is 16.4 Å². The minimum Gasteiger partial charge on any atom is -0.468 e. The van der Waals surface area contributed by atoms with Gasteiger partial charge >= 0.3 is 0 Å². The molecule has 1 aliphatic rings. The predicted molar refractivity (Wildman–Crippen MR) is 69.8 cm³/mol. The third-order valence-electron chi connectivity index (χ3n) is 3.75. The number of rotatable bonds is 4. The van der Waals surface area contributed by atoms with Crippen LogP contribution in [-0.4, -0.2) is 44.0 Å². The lowest BCUT2D eigenvalue weighted by atomic mass is 9.93. The highest BCUT2D eigenvalue weighted by Crippen LogP contribution is 2.28. The van der Waals surface area contributed by atoms with E-state index in [1.807, 2.05) is 24.1 Å². The molecular formula is C12H20N2O3S. The molecule has 5 nitrogen and oxygen atoms in total. The molecule has 1 aromatic heterocycles. The molecule has 6 heteroatoms. The molecule has 0 aromatic carbocycles. The topological polar surface area (TPSA) is 76.5 Å². The molecule has 0 aliphatic carbocycles. The maximum atomic E-state index is 11.8. The van der Waals surface area contributed by atoms with Gasteiger partial charge in [-0.1, -0.05) is 0 Å². The van der Waals surface area contributed by atoms with Gasteiger partial charge in [-0.05, 0) is 32.0 Å². The van der Waals surface area contributed by atoms with E-state index in [2.05, 4.69) is 0 Å². The van der Waals surface area contributed by atoms with Crippen LogP contribution in [0.25, 0.3) is 0 Å². The number of nitrogens with two attached hydrogens (primary N) is 1. The summed E-state index contributed by atoms with van der Waals surface area (Å²) in [6.45, 7) is 0.934. The van der Waals surface area contributed by atoms with E-state index in [0.717, 1.165) is 12.2 Å². The zero-order valence-electron chi connectivity index (χ0n) is 10.6. The molecule has 2 heterocycles. The Kier molecular flexibility index (Phi) is 3.79. The van der Waals surface area contributed by atoms with Crippen molar-refractivity contribution in [1.29, 1.82) is 0 Å². The molecule has 18 heavy (non-hydrogen) atoms. The molecule has 0 bridgehead atoms. The summed E-state index contributed by atoms with van der Waals surface area (Å²) in [5, 5.41) is 0. The zero-order chi connectivity index (χ0) is 13.2. The van der Waals surface area contributed by atoms with Crippen molar-refractivity contribution in [2.24, 2.45) is 5.73 Å². The number of likely N-dealkylation sites (N-methyl/N-ethyl adjacent to an activating group) is 1. The van der Waals surface area contributed by atoms with E-state index in [1.165, 1.54) is 0 Å². The average molecular weight is 272 g/mol. The third-order valence-corrected chi connectivity index (χ3v) is 5.64. The van der Waals surface area contributed by atoms with Crippen LogP contribution in [0.15, 0.2) is 22.8 Å². The molecule has 1 saturated heterocycles. The van der Waals surface area contributed by atoms with E-state index >= 15 is 0 Å². The summed E-state index contributed by atoms with van der Waals surface area (Å²) in [6.07, 6.45) is 3.12. The molecule has 1 fully saturated rings. The Balaban J connectivity index is 2.16. The number of hydrogen-bond acceptors (Lipinski definition) is 5. The molecule has 2 N–H and O–H groups in total. The van der Waals surface area contributed by atoms with E-state index in [1.54, 1.807) is 6.26 Å². The van der Waals surface area contributed by atoms with Crippen LogP contribution in [0.1, 0.15) is 18.6 Å². The summed E-state index contributed by atoms with van der Waals surface area (Å²) >= 11 is 0. The van der Waals surface area contributed by atoms with Crippen LogP contribution in [0.3, 0.4) is 0 Å². The van der Waals surface area contributed by atoms with Gasteiger partial charge in [-0.25, -0.2) is 8.42 Å². The fourth-order valence-corrected chi connectivity index (χ4v) is 4.63. The van der Waals surface area contributed by atoms with E-state index in [4.69, 9.17) is 10.2 Å². The van der Waals surface area contributed by atoms with Gasteiger partial charge in [0.05, 0.1) is 24.3 Å². The number of hydrogen-bond donors (Lipinski definition) is 1. The van der Waals surface area contributed by atoms with Crippen molar-refractivity contribution >= 4 is 9.84 Å². The first-order valence-electron chi connectivity index (χ1n) is 6.12. The molecule has 1 unspecified atom stereocenters. The Morgan fingerprint density at radius 2 is 2.33 bits per heavy atom. The van der Waals surface area contributed by atoms with Gasteiger partial charge in [0, 0.05) is 12.1 Å². The largest absolute Gasteiger partial charge is 0.468 e. The van der Waals surface area contributed by atoms with Crippen molar-refractivity contribution in [3.05, 3.63) is 24.2 Å². The van der Waals surface area contributed by atoms with Gasteiger partial charge in [0.25, 0.3) is 0 Å². The van der Waals surface area contributed by atoms with E-state index in [0.29, 0.717) is 19.5 Å². The molecule has 0 spiro atoms. The van der Waals surface area contributed by atoms with Gasteiger partial charge in [-0.3, -0.25) is 4.90 Å². The van der Waals surface area contributed by atoms with Crippen molar-refractivity contribution < 1.29 is 12.8 Å². The van der Waals surface area contributed by atoms with Crippen molar-refractivity contribution in [1.82, 2.24) is 4.90 Å². The van der Waals surface area contributed by atoms with Crippen molar-refractivity contribution in [2.45, 2.75) is 24.9 Å². The Hall–Kier alpha value is -0.850. The van der Waals surface area contributed by atoms with Gasteiger partial charge in [0.15, 0.2) is 9.84 Å². The normalized spacial score (nSPS) is 27.5. The van der Waals surface area contributed by atoms with Crippen LogP contribution in [0.2, 0.25) is 0 Å². The van der Waals surface area contributed by atoms with Crippen LogP contribution in [0.5, 0.6) is 0 Å². The molecule has 1 aromatic rings. The van der Waals surface area contributed by atoms with Crippen molar-refractivity contribution in [3.63, 3.8) is 0 Å². The zero-order valence-corrected chi connectivity index (χ0v) is 11.4. The minimum atomic E-state index is -2.98. The molecule has 2 rings (SSSR count). The number of nitrogens with zero attached hydrogens (tertiary/aromatic N) is 1. The fraction of sp³-hybridized carbons (Fsp3) is 0.667. The van der Waals surface area contributed by atoms with E-state index < -0.39 is 15.4 Å². The molecule has 0 saturated carbocycles. The van der Waals surface area contributed by atoms with Crippen LogP contribution in [0, 0.1) is 0 Å². The smallest absolute Gasteiger partial charge is 0.152 e. The average Bonchev–Trinajstić information content (AvgIpc) is 2.80. The monoisotopic (exact) mass is 272 g/mol. The van der Waals surface area contributed by atoms with Crippen LogP contribution < -0.4 is 5.73 Å². The van der Waals surface area contributed by atoms with Gasteiger partial charge in [0.1, 0.15) is 5.76 Å². The third kappa shape index (κ3) is 2.76. The first-order chi connectivity index (χ1) is 8.47. The molecule has 1 aliphatic heterocycles. The quantitative estimate of drug-likeness (QED) is 0.869. The van der Waals surface area contributed by atoms with Gasteiger partial charge in [0.2, 0.25) is 0 Å². The Labute approximate surface area is 108 Å². The first-order valence-corrected chi connectivity index (χ1v) is 7.94. The summed E-state index contributed by atoms with van der Waals surface area (Å²) in [6, 6.07) is 3.72. The second-order valence-electron chi connectivity index (χ2n) is 5.06. The minimum absolute atomic E-state index is 0.147. The standard InChI is InChI=1S/C12H20N2O3S/c1-14(8-11-4-2-6-17-11)12(9-13)5-3-7-18(15,16)10-12/h2,4,6H,3,5,7-10,13H2,1H3. The lowest BCUT2D eigenvalue weighted by Crippen LogP contribution is -2.58. The molecular weight excluding hydrogens is 252 g/mol. The maximum Gasteiger partial charge on any atom is 0.152 e. The lowest BCUT2D eigenvalue weighted by molar-refractivity contribution is 0.115. The predicted octanol–water partition coefficient (Wildman–Crippen LogP) is 0.618. The summed E-state index contributed by atoms with van der Waals surface area (Å²) in [7, 11) is -1.07. The Morgan fingerprint density at radius 1 is 1.56 bits per heavy atom. The fourth-order valence-electron chi connectivity index (χ4n) is 2.60.